The number of halogens is 1. The first-order valence-corrected chi connectivity index (χ1v) is 13.6. The van der Waals surface area contributed by atoms with Gasteiger partial charge in [0.2, 0.25) is 5.91 Å². The van der Waals surface area contributed by atoms with E-state index in [-0.39, 0.29) is 42.1 Å². The normalized spacial score (nSPS) is 17.7. The number of likely N-dealkylation sites (tertiary alicyclic amines) is 1. The number of fused-ring (bicyclic) bond motifs is 1. The molecule has 39 heavy (non-hydrogen) atoms. The SMILES string of the molecule is CNC(=O)C(CCCCNC(=N)N)NC(=O)c1csc([C@@H]2C[C@@H](O)CN2C(=O)c2cn3cc(Cl)ccc3n2)n1. The molecular formula is C24H30ClN9O4S. The number of aromatic nitrogens is 3. The van der Waals surface area contributed by atoms with Crippen LogP contribution in [0, 0.1) is 5.41 Å². The van der Waals surface area contributed by atoms with Gasteiger partial charge in [0.25, 0.3) is 11.8 Å². The van der Waals surface area contributed by atoms with Crippen LogP contribution >= 0.6 is 22.9 Å². The number of aliphatic hydroxyl groups is 1. The largest absolute Gasteiger partial charge is 0.391 e. The molecule has 1 fully saturated rings. The number of β-amino-alcohol motifs (C(OH)–C–C–N with tert-alkyl or cyclic N) is 1. The number of amides is 3. The summed E-state index contributed by atoms with van der Waals surface area (Å²) in [4.78, 5) is 49.0. The van der Waals surface area contributed by atoms with Gasteiger partial charge in [-0.25, -0.2) is 9.97 Å². The first-order chi connectivity index (χ1) is 18.7. The second-order valence-corrected chi connectivity index (χ2v) is 10.5. The molecule has 0 radical (unpaired) electrons. The number of thiazole rings is 1. The zero-order valence-electron chi connectivity index (χ0n) is 21.2. The highest BCUT2D eigenvalue weighted by Crippen LogP contribution is 2.35. The fraction of sp³-hybridized carbons (Fsp3) is 0.417. The number of hydrogen-bond donors (Lipinski definition) is 6. The smallest absolute Gasteiger partial charge is 0.274 e. The number of likely N-dealkylation sites (N-methyl/N-ethyl adjacent to an activating group) is 1. The molecule has 15 heteroatoms. The quantitative estimate of drug-likeness (QED) is 0.117. The van der Waals surface area contributed by atoms with E-state index in [9.17, 15) is 19.5 Å². The number of carbonyl (C=O) groups is 3. The Morgan fingerprint density at radius 1 is 1.26 bits per heavy atom. The maximum absolute atomic E-state index is 13.3. The average Bonchev–Trinajstić information content (AvgIpc) is 3.64. The number of rotatable bonds is 10. The van der Waals surface area contributed by atoms with E-state index in [1.54, 1.807) is 34.3 Å². The zero-order chi connectivity index (χ0) is 28.1. The third-order valence-electron chi connectivity index (χ3n) is 6.32. The van der Waals surface area contributed by atoms with Gasteiger partial charge in [0.05, 0.1) is 17.2 Å². The van der Waals surface area contributed by atoms with Gasteiger partial charge in [-0.15, -0.1) is 11.3 Å². The van der Waals surface area contributed by atoms with Gasteiger partial charge in [0, 0.05) is 44.3 Å². The molecule has 4 rings (SSSR count). The van der Waals surface area contributed by atoms with E-state index >= 15 is 0 Å². The number of aliphatic hydroxyl groups excluding tert-OH is 1. The van der Waals surface area contributed by atoms with Crippen molar-refractivity contribution in [2.75, 3.05) is 20.1 Å². The minimum atomic E-state index is -0.764. The molecule has 3 amide bonds. The van der Waals surface area contributed by atoms with Gasteiger partial charge in [0.15, 0.2) is 5.96 Å². The summed E-state index contributed by atoms with van der Waals surface area (Å²) in [5.74, 6) is -1.33. The third-order valence-corrected chi connectivity index (χ3v) is 7.49. The van der Waals surface area contributed by atoms with Crippen LogP contribution in [0.3, 0.4) is 0 Å². The van der Waals surface area contributed by atoms with Gasteiger partial charge < -0.3 is 36.1 Å². The Morgan fingerprint density at radius 2 is 2.05 bits per heavy atom. The minimum absolute atomic E-state index is 0.108. The van der Waals surface area contributed by atoms with Gasteiger partial charge in [-0.3, -0.25) is 19.8 Å². The summed E-state index contributed by atoms with van der Waals surface area (Å²) in [5.41, 5.74) is 6.16. The van der Waals surface area contributed by atoms with Crippen LogP contribution in [0.25, 0.3) is 5.65 Å². The van der Waals surface area contributed by atoms with Gasteiger partial charge in [-0.1, -0.05) is 11.6 Å². The second-order valence-electron chi connectivity index (χ2n) is 9.15. The van der Waals surface area contributed by atoms with E-state index in [1.807, 2.05) is 0 Å². The zero-order valence-corrected chi connectivity index (χ0v) is 22.8. The van der Waals surface area contributed by atoms with Crippen molar-refractivity contribution in [1.29, 1.82) is 5.41 Å². The van der Waals surface area contributed by atoms with E-state index in [0.717, 1.165) is 0 Å². The molecule has 3 atom stereocenters. The molecule has 1 saturated heterocycles. The van der Waals surface area contributed by atoms with E-state index < -0.39 is 24.1 Å². The highest BCUT2D eigenvalue weighted by molar-refractivity contribution is 7.09. The summed E-state index contributed by atoms with van der Waals surface area (Å²) in [6, 6.07) is 2.09. The van der Waals surface area contributed by atoms with E-state index in [1.165, 1.54) is 23.3 Å². The molecule has 1 aliphatic rings. The lowest BCUT2D eigenvalue weighted by atomic mass is 10.1. The number of carbonyl (C=O) groups excluding carboxylic acids is 3. The van der Waals surface area contributed by atoms with Crippen molar-refractivity contribution in [1.82, 2.24) is 35.2 Å². The fourth-order valence-electron chi connectivity index (χ4n) is 4.40. The van der Waals surface area contributed by atoms with Gasteiger partial charge in [-0.05, 0) is 31.4 Å². The molecule has 0 aromatic carbocycles. The second kappa shape index (κ2) is 12.4. The Kier molecular flexibility index (Phi) is 8.99. The molecule has 1 aliphatic heterocycles. The fourth-order valence-corrected chi connectivity index (χ4v) is 5.50. The number of nitrogens with one attached hydrogen (secondary N) is 4. The number of hydrogen-bond acceptors (Lipinski definition) is 8. The number of nitrogens with two attached hydrogens (primary N) is 1. The highest BCUT2D eigenvalue weighted by atomic mass is 35.5. The van der Waals surface area contributed by atoms with E-state index in [2.05, 4.69) is 25.9 Å². The Bertz CT molecular complexity index is 1380. The Labute approximate surface area is 233 Å². The first-order valence-electron chi connectivity index (χ1n) is 12.3. The van der Waals surface area contributed by atoms with Crippen molar-refractivity contribution in [2.24, 2.45) is 5.73 Å². The van der Waals surface area contributed by atoms with Crippen molar-refractivity contribution in [3.63, 3.8) is 0 Å². The topological polar surface area (TPSA) is 191 Å². The van der Waals surface area contributed by atoms with Gasteiger partial charge >= 0.3 is 0 Å². The summed E-state index contributed by atoms with van der Waals surface area (Å²) < 4.78 is 1.66. The Morgan fingerprint density at radius 3 is 2.79 bits per heavy atom. The lowest BCUT2D eigenvalue weighted by molar-refractivity contribution is -0.122. The third kappa shape index (κ3) is 6.82. The first kappa shape index (κ1) is 28.3. The Hall–Kier alpha value is -3.75. The van der Waals surface area contributed by atoms with Crippen molar-refractivity contribution < 1.29 is 19.5 Å². The predicted octanol–water partition coefficient (Wildman–Crippen LogP) is 0.890. The number of nitrogens with zero attached hydrogens (tertiary/aromatic N) is 4. The van der Waals surface area contributed by atoms with Crippen LogP contribution < -0.4 is 21.7 Å². The maximum atomic E-state index is 13.3. The standard InChI is InChI=1S/C24H30ClN9O4S/c1-28-20(36)15(4-2-3-7-29-24(26)27)31-21(37)17-12-39-22(32-17)18-8-14(35)10-34(18)23(38)16-11-33-9-13(25)5-6-19(33)30-16/h5-6,9,11-12,14-15,18,35H,2-4,7-8,10H2,1H3,(H,28,36)(H,31,37)(H4,26,27,29)/t14-,15?,18+/m1/s1. The van der Waals surface area contributed by atoms with Gasteiger partial charge in [-0.2, -0.15) is 0 Å². The van der Waals surface area contributed by atoms with Crippen LogP contribution in [0.15, 0.2) is 29.9 Å². The van der Waals surface area contributed by atoms with Crippen LogP contribution in [0.4, 0.5) is 0 Å². The van der Waals surface area contributed by atoms with Crippen molar-refractivity contribution in [2.45, 2.75) is 43.9 Å². The number of unbranched alkanes of at least 4 members (excludes halogenated alkanes) is 1. The number of imidazole rings is 1. The number of guanidine groups is 1. The molecule has 1 unspecified atom stereocenters. The van der Waals surface area contributed by atoms with Crippen molar-refractivity contribution in [3.8, 4) is 0 Å². The number of pyridine rings is 1. The van der Waals surface area contributed by atoms with Crippen LogP contribution in [-0.2, 0) is 4.79 Å². The average molecular weight is 576 g/mol. The molecule has 4 heterocycles. The summed E-state index contributed by atoms with van der Waals surface area (Å²) in [6.07, 6.45) is 4.43. The van der Waals surface area contributed by atoms with Crippen LogP contribution in [0.1, 0.15) is 57.7 Å². The highest BCUT2D eigenvalue weighted by Gasteiger charge is 2.38. The molecule has 0 aliphatic carbocycles. The predicted molar refractivity (Wildman–Crippen MR) is 146 cm³/mol. The molecular weight excluding hydrogens is 546 g/mol. The van der Waals surface area contributed by atoms with Gasteiger partial charge in [0.1, 0.15) is 28.1 Å². The summed E-state index contributed by atoms with van der Waals surface area (Å²) in [7, 11) is 1.49. The van der Waals surface area contributed by atoms with Crippen molar-refractivity contribution >= 4 is 52.3 Å². The van der Waals surface area contributed by atoms with Crippen LogP contribution in [0.5, 0.6) is 0 Å². The van der Waals surface area contributed by atoms with E-state index in [4.69, 9.17) is 22.7 Å². The summed E-state index contributed by atoms with van der Waals surface area (Å²) in [5, 5.41) is 28.1. The molecule has 3 aromatic heterocycles. The molecule has 208 valence electrons. The Balaban J connectivity index is 1.43. The molecule has 7 N–H and O–H groups in total. The molecule has 13 nitrogen and oxygen atoms in total. The molecule has 0 saturated carbocycles. The molecule has 3 aromatic rings. The van der Waals surface area contributed by atoms with Crippen LogP contribution in [-0.4, -0.2) is 80.3 Å². The summed E-state index contributed by atoms with van der Waals surface area (Å²) >= 11 is 7.25. The minimum Gasteiger partial charge on any atom is -0.391 e. The summed E-state index contributed by atoms with van der Waals surface area (Å²) in [6.45, 7) is 0.598. The molecule has 0 spiro atoms. The van der Waals surface area contributed by atoms with Crippen LogP contribution in [0.2, 0.25) is 5.02 Å². The maximum Gasteiger partial charge on any atom is 0.274 e. The van der Waals surface area contributed by atoms with Crippen molar-refractivity contribution in [3.05, 3.63) is 51.3 Å². The lowest BCUT2D eigenvalue weighted by Crippen LogP contribution is -2.45. The molecule has 0 bridgehead atoms. The monoisotopic (exact) mass is 575 g/mol. The lowest BCUT2D eigenvalue weighted by Gasteiger charge is -2.21. The van der Waals surface area contributed by atoms with E-state index in [0.29, 0.717) is 41.5 Å².